The zero-order valence-electron chi connectivity index (χ0n) is 11.9. The minimum Gasteiger partial charge on any atom is -0.370 e. The number of hydrogen-bond donors (Lipinski definition) is 2. The lowest BCUT2D eigenvalue weighted by molar-refractivity contribution is -0.137. The van der Waals surface area contributed by atoms with Crippen molar-refractivity contribution >= 4 is 11.8 Å². The van der Waals surface area contributed by atoms with E-state index in [0.717, 1.165) is 12.8 Å². The van der Waals surface area contributed by atoms with Crippen LogP contribution in [-0.4, -0.2) is 55.6 Å². The van der Waals surface area contributed by atoms with Crippen LogP contribution in [0.15, 0.2) is 0 Å². The molecule has 0 unspecified atom stereocenters. The molecule has 1 heterocycles. The summed E-state index contributed by atoms with van der Waals surface area (Å²) in [6, 6.07) is 0.184. The zero-order chi connectivity index (χ0) is 14.3. The molecule has 1 aliphatic heterocycles. The maximum atomic E-state index is 11.8. The van der Waals surface area contributed by atoms with Gasteiger partial charge < -0.3 is 20.7 Å². The topological polar surface area (TPSA) is 84.7 Å². The van der Waals surface area contributed by atoms with Gasteiger partial charge in [-0.15, -0.1) is 0 Å². The van der Waals surface area contributed by atoms with E-state index in [0.29, 0.717) is 26.2 Å². The summed E-state index contributed by atoms with van der Waals surface area (Å²) in [4.78, 5) is 25.1. The van der Waals surface area contributed by atoms with Gasteiger partial charge in [-0.3, -0.25) is 9.59 Å². The second-order valence-corrected chi connectivity index (χ2v) is 5.16. The van der Waals surface area contributed by atoms with Crippen LogP contribution in [0.4, 0.5) is 0 Å². The third kappa shape index (κ3) is 5.57. The fourth-order valence-corrected chi connectivity index (χ4v) is 1.98. The van der Waals surface area contributed by atoms with E-state index in [9.17, 15) is 9.59 Å². The Labute approximate surface area is 114 Å². The van der Waals surface area contributed by atoms with Crippen LogP contribution in [0.5, 0.6) is 0 Å². The summed E-state index contributed by atoms with van der Waals surface area (Å²) in [7, 11) is 0. The lowest BCUT2D eigenvalue weighted by Gasteiger charge is -2.32. The average Bonchev–Trinajstić information content (AvgIpc) is 2.39. The molecule has 1 saturated heterocycles. The first-order valence-corrected chi connectivity index (χ1v) is 6.90. The van der Waals surface area contributed by atoms with Crippen molar-refractivity contribution in [2.75, 3.05) is 32.8 Å². The minimum absolute atomic E-state index is 0.00193. The number of nitrogens with zero attached hydrogens (tertiary/aromatic N) is 1. The van der Waals surface area contributed by atoms with Crippen LogP contribution in [0.3, 0.4) is 0 Å². The highest BCUT2D eigenvalue weighted by atomic mass is 16.5. The van der Waals surface area contributed by atoms with Crippen molar-refractivity contribution in [1.82, 2.24) is 10.2 Å². The fraction of sp³-hybridized carbons (Fsp3) is 0.846. The monoisotopic (exact) mass is 271 g/mol. The molecule has 0 spiro atoms. The van der Waals surface area contributed by atoms with Crippen LogP contribution >= 0.6 is 0 Å². The number of ether oxygens (including phenoxy) is 1. The predicted octanol–water partition coefficient (Wildman–Crippen LogP) is -0.275. The second-order valence-electron chi connectivity index (χ2n) is 5.16. The van der Waals surface area contributed by atoms with Crippen LogP contribution in [0.2, 0.25) is 0 Å². The van der Waals surface area contributed by atoms with Crippen LogP contribution < -0.4 is 11.1 Å². The highest BCUT2D eigenvalue weighted by Gasteiger charge is 2.24. The van der Waals surface area contributed by atoms with Gasteiger partial charge in [-0.25, -0.2) is 0 Å². The summed E-state index contributed by atoms with van der Waals surface area (Å²) in [5, 5.41) is 3.01. The standard InChI is InChI=1S/C13H25N3O3/c1-10(2)13(18)15-11-3-6-16(7-4-11)12(17)9-19-8-5-14/h10-11H,3-9,14H2,1-2H3,(H,15,18). The molecule has 0 aromatic carbocycles. The molecule has 1 rings (SSSR count). The maximum absolute atomic E-state index is 11.8. The van der Waals surface area contributed by atoms with Gasteiger partial charge in [0.1, 0.15) is 6.61 Å². The summed E-state index contributed by atoms with van der Waals surface area (Å²) >= 11 is 0. The molecule has 0 aliphatic carbocycles. The maximum Gasteiger partial charge on any atom is 0.248 e. The number of nitrogens with two attached hydrogens (primary N) is 1. The summed E-state index contributed by atoms with van der Waals surface area (Å²) in [6.45, 7) is 6.04. The van der Waals surface area contributed by atoms with Crippen LogP contribution in [0, 0.1) is 5.92 Å². The van der Waals surface area contributed by atoms with Crippen molar-refractivity contribution in [3.63, 3.8) is 0 Å². The fourth-order valence-electron chi connectivity index (χ4n) is 1.98. The van der Waals surface area contributed by atoms with Gasteiger partial charge in [0.15, 0.2) is 0 Å². The molecular formula is C13H25N3O3. The molecule has 0 aromatic heterocycles. The van der Waals surface area contributed by atoms with Crippen molar-refractivity contribution in [1.29, 1.82) is 0 Å². The highest BCUT2D eigenvalue weighted by Crippen LogP contribution is 2.11. The van der Waals surface area contributed by atoms with E-state index in [2.05, 4.69) is 5.32 Å². The van der Waals surface area contributed by atoms with Gasteiger partial charge in [-0.1, -0.05) is 13.8 Å². The largest absolute Gasteiger partial charge is 0.370 e. The Hall–Kier alpha value is -1.14. The SMILES string of the molecule is CC(C)C(=O)NC1CCN(C(=O)COCCN)CC1. The van der Waals surface area contributed by atoms with Gasteiger partial charge in [0, 0.05) is 31.6 Å². The van der Waals surface area contributed by atoms with Crippen molar-refractivity contribution in [3.05, 3.63) is 0 Å². The van der Waals surface area contributed by atoms with Crippen molar-refractivity contribution in [2.24, 2.45) is 11.7 Å². The van der Waals surface area contributed by atoms with Crippen LogP contribution in [0.25, 0.3) is 0 Å². The zero-order valence-corrected chi connectivity index (χ0v) is 11.9. The van der Waals surface area contributed by atoms with E-state index in [1.807, 2.05) is 13.8 Å². The Balaban J connectivity index is 2.24. The number of carbonyl (C=O) groups excluding carboxylic acids is 2. The molecule has 6 nitrogen and oxygen atoms in total. The predicted molar refractivity (Wildman–Crippen MR) is 72.5 cm³/mol. The van der Waals surface area contributed by atoms with E-state index in [-0.39, 0.29) is 30.4 Å². The molecule has 0 bridgehead atoms. The number of hydrogen-bond acceptors (Lipinski definition) is 4. The van der Waals surface area contributed by atoms with E-state index in [4.69, 9.17) is 10.5 Å². The van der Waals surface area contributed by atoms with E-state index in [1.165, 1.54) is 0 Å². The number of piperidine rings is 1. The number of amides is 2. The smallest absolute Gasteiger partial charge is 0.248 e. The first kappa shape index (κ1) is 15.9. The Morgan fingerprint density at radius 2 is 2.00 bits per heavy atom. The molecule has 0 atom stereocenters. The normalized spacial score (nSPS) is 16.7. The van der Waals surface area contributed by atoms with Crippen LogP contribution in [-0.2, 0) is 14.3 Å². The quantitative estimate of drug-likeness (QED) is 0.651. The molecule has 19 heavy (non-hydrogen) atoms. The van der Waals surface area contributed by atoms with E-state index >= 15 is 0 Å². The molecule has 3 N–H and O–H groups in total. The highest BCUT2D eigenvalue weighted by molar-refractivity contribution is 5.78. The minimum atomic E-state index is 0.00193. The Bertz CT molecular complexity index is 300. The molecule has 0 aromatic rings. The van der Waals surface area contributed by atoms with E-state index < -0.39 is 0 Å². The average molecular weight is 271 g/mol. The lowest BCUT2D eigenvalue weighted by atomic mass is 10.0. The van der Waals surface area contributed by atoms with Crippen LogP contribution in [0.1, 0.15) is 26.7 Å². The summed E-state index contributed by atoms with van der Waals surface area (Å²) < 4.78 is 5.13. The number of likely N-dealkylation sites (tertiary alicyclic amines) is 1. The molecular weight excluding hydrogens is 246 g/mol. The molecule has 6 heteroatoms. The van der Waals surface area contributed by atoms with Gasteiger partial charge in [0.05, 0.1) is 6.61 Å². The molecule has 0 saturated carbocycles. The molecule has 1 fully saturated rings. The first-order chi connectivity index (χ1) is 9.04. The number of carbonyl (C=O) groups is 2. The van der Waals surface area contributed by atoms with Crippen molar-refractivity contribution in [3.8, 4) is 0 Å². The van der Waals surface area contributed by atoms with Crippen molar-refractivity contribution in [2.45, 2.75) is 32.7 Å². The molecule has 1 aliphatic rings. The second kappa shape index (κ2) is 8.12. The van der Waals surface area contributed by atoms with Gasteiger partial charge in [-0.2, -0.15) is 0 Å². The third-order valence-electron chi connectivity index (χ3n) is 3.21. The third-order valence-corrected chi connectivity index (χ3v) is 3.21. The van der Waals surface area contributed by atoms with Gasteiger partial charge in [-0.05, 0) is 12.8 Å². The number of nitrogens with one attached hydrogen (secondary N) is 1. The molecule has 110 valence electrons. The Morgan fingerprint density at radius 3 is 2.53 bits per heavy atom. The van der Waals surface area contributed by atoms with Gasteiger partial charge in [0.25, 0.3) is 0 Å². The van der Waals surface area contributed by atoms with Gasteiger partial charge >= 0.3 is 0 Å². The first-order valence-electron chi connectivity index (χ1n) is 6.90. The van der Waals surface area contributed by atoms with Gasteiger partial charge in [0.2, 0.25) is 11.8 Å². The lowest BCUT2D eigenvalue weighted by Crippen LogP contribution is -2.48. The van der Waals surface area contributed by atoms with Crippen molar-refractivity contribution < 1.29 is 14.3 Å². The summed E-state index contributed by atoms with van der Waals surface area (Å²) in [5.41, 5.74) is 5.29. The Kier molecular flexibility index (Phi) is 6.80. The van der Waals surface area contributed by atoms with E-state index in [1.54, 1.807) is 4.90 Å². The number of rotatable bonds is 6. The summed E-state index contributed by atoms with van der Waals surface area (Å²) in [5.74, 6) is 0.0856. The Morgan fingerprint density at radius 1 is 1.37 bits per heavy atom. The molecule has 0 radical (unpaired) electrons. The summed E-state index contributed by atoms with van der Waals surface area (Å²) in [6.07, 6.45) is 1.61. The molecule has 2 amide bonds.